The molecule has 4 heterocycles. The molecule has 0 unspecified atom stereocenters. The highest BCUT2D eigenvalue weighted by Gasteiger charge is 2.18. The fourth-order valence-corrected chi connectivity index (χ4v) is 4.36. The Hall–Kier alpha value is -4.76. The van der Waals surface area contributed by atoms with E-state index < -0.39 is 0 Å². The van der Waals surface area contributed by atoms with Crippen LogP contribution in [0.5, 0.6) is 11.6 Å². The largest absolute Gasteiger partial charge is 0.439 e. The van der Waals surface area contributed by atoms with E-state index in [-0.39, 0.29) is 5.91 Å². The van der Waals surface area contributed by atoms with Gasteiger partial charge in [-0.25, -0.2) is 14.5 Å². The Balaban J connectivity index is 1.24. The van der Waals surface area contributed by atoms with Crippen LogP contribution in [0.1, 0.15) is 10.5 Å². The summed E-state index contributed by atoms with van der Waals surface area (Å²) in [5.74, 6) is 0.930. The number of nitrogens with zero attached hydrogens (tertiary/aromatic N) is 5. The first-order chi connectivity index (χ1) is 18.2. The van der Waals surface area contributed by atoms with Crippen LogP contribution < -0.4 is 20.3 Å². The summed E-state index contributed by atoms with van der Waals surface area (Å²) in [5.41, 5.74) is 4.25. The molecular formula is C28H25N7O2. The van der Waals surface area contributed by atoms with Gasteiger partial charge in [0, 0.05) is 55.8 Å². The molecule has 9 heteroatoms. The molecule has 1 aliphatic heterocycles. The van der Waals surface area contributed by atoms with Gasteiger partial charge in [0.05, 0.1) is 17.6 Å². The normalized spacial score (nSPS) is 13.5. The molecule has 184 valence electrons. The van der Waals surface area contributed by atoms with E-state index in [2.05, 4.69) is 30.6 Å². The summed E-state index contributed by atoms with van der Waals surface area (Å²) in [5, 5.41) is 10.8. The van der Waals surface area contributed by atoms with Crippen molar-refractivity contribution in [3.05, 3.63) is 97.1 Å². The number of hydrogen-bond donors (Lipinski definition) is 2. The lowest BCUT2D eigenvalue weighted by molar-refractivity contribution is 0.102. The zero-order chi connectivity index (χ0) is 25.0. The summed E-state index contributed by atoms with van der Waals surface area (Å²) in [4.78, 5) is 24.6. The van der Waals surface area contributed by atoms with Gasteiger partial charge in [0.15, 0.2) is 5.65 Å². The average molecular weight is 492 g/mol. The number of carbonyl (C=O) groups excluding carboxylic acids is 1. The van der Waals surface area contributed by atoms with E-state index in [1.807, 2.05) is 60.7 Å². The van der Waals surface area contributed by atoms with E-state index in [0.717, 1.165) is 54.4 Å². The van der Waals surface area contributed by atoms with Crippen molar-refractivity contribution in [1.82, 2.24) is 24.9 Å². The second-order valence-corrected chi connectivity index (χ2v) is 8.65. The van der Waals surface area contributed by atoms with Crippen LogP contribution in [0.4, 0.5) is 11.4 Å². The van der Waals surface area contributed by atoms with E-state index in [1.54, 1.807) is 35.2 Å². The summed E-state index contributed by atoms with van der Waals surface area (Å²) in [6, 6.07) is 22.7. The number of piperazine rings is 1. The van der Waals surface area contributed by atoms with E-state index in [9.17, 15) is 4.79 Å². The fourth-order valence-electron chi connectivity index (χ4n) is 4.36. The van der Waals surface area contributed by atoms with Gasteiger partial charge in [0.25, 0.3) is 5.91 Å². The van der Waals surface area contributed by atoms with Crippen LogP contribution in [0.2, 0.25) is 0 Å². The minimum Gasteiger partial charge on any atom is -0.439 e. The number of carbonyl (C=O) groups is 1. The van der Waals surface area contributed by atoms with E-state index >= 15 is 0 Å². The molecule has 0 aliphatic carbocycles. The van der Waals surface area contributed by atoms with Crippen LogP contribution in [-0.2, 0) is 0 Å². The van der Waals surface area contributed by atoms with E-state index in [1.165, 1.54) is 0 Å². The van der Waals surface area contributed by atoms with Gasteiger partial charge < -0.3 is 20.3 Å². The number of para-hydroxylation sites is 3. The summed E-state index contributed by atoms with van der Waals surface area (Å²) >= 11 is 0. The van der Waals surface area contributed by atoms with Crippen LogP contribution in [0, 0.1) is 0 Å². The molecule has 0 atom stereocenters. The zero-order valence-electron chi connectivity index (χ0n) is 20.0. The van der Waals surface area contributed by atoms with Gasteiger partial charge in [-0.1, -0.05) is 30.3 Å². The van der Waals surface area contributed by atoms with Crippen molar-refractivity contribution in [3.8, 4) is 22.8 Å². The Morgan fingerprint density at radius 2 is 1.73 bits per heavy atom. The lowest BCUT2D eigenvalue weighted by Gasteiger charge is -2.31. The van der Waals surface area contributed by atoms with E-state index in [0.29, 0.717) is 17.2 Å². The predicted molar refractivity (Wildman–Crippen MR) is 142 cm³/mol. The van der Waals surface area contributed by atoms with Gasteiger partial charge in [-0.2, -0.15) is 5.10 Å². The summed E-state index contributed by atoms with van der Waals surface area (Å²) in [6.07, 6.45) is 5.18. The maximum atomic E-state index is 13.2. The molecule has 5 aromatic rings. The summed E-state index contributed by atoms with van der Waals surface area (Å²) in [6.45, 7) is 3.61. The molecule has 0 spiro atoms. The first kappa shape index (κ1) is 22.7. The number of pyridine rings is 1. The highest BCUT2D eigenvalue weighted by molar-refractivity contribution is 6.05. The van der Waals surface area contributed by atoms with Crippen LogP contribution >= 0.6 is 0 Å². The fraction of sp³-hybridized carbons (Fsp3) is 0.143. The van der Waals surface area contributed by atoms with Crippen LogP contribution in [0.25, 0.3) is 16.8 Å². The Bertz CT molecular complexity index is 1530. The maximum Gasteiger partial charge on any atom is 0.274 e. The molecular weight excluding hydrogens is 466 g/mol. The van der Waals surface area contributed by atoms with Crippen LogP contribution in [0.15, 0.2) is 91.4 Å². The quantitative estimate of drug-likeness (QED) is 0.367. The smallest absolute Gasteiger partial charge is 0.274 e. The van der Waals surface area contributed by atoms with Gasteiger partial charge in [-0.05, 0) is 36.4 Å². The predicted octanol–water partition coefficient (Wildman–Crippen LogP) is 4.25. The van der Waals surface area contributed by atoms with Gasteiger partial charge >= 0.3 is 0 Å². The third-order valence-electron chi connectivity index (χ3n) is 6.22. The molecule has 37 heavy (non-hydrogen) atoms. The van der Waals surface area contributed by atoms with Gasteiger partial charge in [0.2, 0.25) is 5.88 Å². The summed E-state index contributed by atoms with van der Waals surface area (Å²) in [7, 11) is 0. The second-order valence-electron chi connectivity index (χ2n) is 8.65. The first-order valence-electron chi connectivity index (χ1n) is 12.1. The summed E-state index contributed by atoms with van der Waals surface area (Å²) < 4.78 is 7.44. The van der Waals surface area contributed by atoms with Crippen LogP contribution in [-0.4, -0.2) is 51.7 Å². The zero-order valence-corrected chi connectivity index (χ0v) is 20.0. The number of fused-ring (bicyclic) bond motifs is 1. The molecule has 0 saturated carbocycles. The third kappa shape index (κ3) is 4.85. The SMILES string of the molecule is O=C(Nc1ccccc1N1CCNCC1)c1ccn2ncc(-c3ccc(Oc4ccccc4)nc3)c2n1. The first-order valence-corrected chi connectivity index (χ1v) is 12.1. The van der Waals surface area contributed by atoms with Crippen molar-refractivity contribution in [1.29, 1.82) is 0 Å². The van der Waals surface area contributed by atoms with Crippen molar-refractivity contribution in [2.75, 3.05) is 36.4 Å². The average Bonchev–Trinajstić information content (AvgIpc) is 3.38. The number of anilines is 2. The standard InChI is InChI=1S/C28H25N7O2/c36-28(33-23-8-4-5-9-25(23)34-16-13-29-14-17-34)24-12-15-35-27(32-24)22(19-31-35)20-10-11-26(30-18-20)37-21-6-2-1-3-7-21/h1-12,15,18-19,29H,13-14,16-17H2,(H,33,36). The molecule has 9 nitrogen and oxygen atoms in total. The second kappa shape index (κ2) is 10.1. The number of amides is 1. The highest BCUT2D eigenvalue weighted by atomic mass is 16.5. The van der Waals surface area contributed by atoms with Crippen molar-refractivity contribution >= 4 is 22.9 Å². The number of benzene rings is 2. The number of aromatic nitrogens is 4. The molecule has 1 aliphatic rings. The molecule has 1 saturated heterocycles. The number of nitrogens with one attached hydrogen (secondary N) is 2. The van der Waals surface area contributed by atoms with Crippen LogP contribution in [0.3, 0.4) is 0 Å². The lowest BCUT2D eigenvalue weighted by Crippen LogP contribution is -2.43. The Morgan fingerprint density at radius 1 is 0.919 bits per heavy atom. The molecule has 2 aromatic carbocycles. The molecule has 0 radical (unpaired) electrons. The van der Waals surface area contributed by atoms with Gasteiger partial charge in [-0.15, -0.1) is 0 Å². The van der Waals surface area contributed by atoms with Gasteiger partial charge in [-0.3, -0.25) is 4.79 Å². The van der Waals surface area contributed by atoms with Crippen molar-refractivity contribution in [2.45, 2.75) is 0 Å². The highest BCUT2D eigenvalue weighted by Crippen LogP contribution is 2.28. The molecule has 2 N–H and O–H groups in total. The maximum absolute atomic E-state index is 13.2. The molecule has 1 fully saturated rings. The minimum atomic E-state index is -0.276. The monoisotopic (exact) mass is 491 g/mol. The molecule has 1 amide bonds. The van der Waals surface area contributed by atoms with Crippen molar-refractivity contribution in [3.63, 3.8) is 0 Å². The number of rotatable bonds is 6. The van der Waals surface area contributed by atoms with Gasteiger partial charge in [0.1, 0.15) is 11.4 Å². The molecule has 0 bridgehead atoms. The Labute approximate surface area is 213 Å². The Kier molecular flexibility index (Phi) is 6.18. The number of hydrogen-bond acceptors (Lipinski definition) is 7. The van der Waals surface area contributed by atoms with E-state index in [4.69, 9.17) is 4.74 Å². The minimum absolute atomic E-state index is 0.276. The Morgan fingerprint density at radius 3 is 2.54 bits per heavy atom. The lowest BCUT2D eigenvalue weighted by atomic mass is 10.1. The van der Waals surface area contributed by atoms with Crippen molar-refractivity contribution < 1.29 is 9.53 Å². The van der Waals surface area contributed by atoms with Crippen molar-refractivity contribution in [2.24, 2.45) is 0 Å². The molecule has 6 rings (SSSR count). The number of ether oxygens (including phenoxy) is 1. The third-order valence-corrected chi connectivity index (χ3v) is 6.22. The topological polar surface area (TPSA) is 96.7 Å². The molecule has 3 aromatic heterocycles.